The Labute approximate surface area is 180 Å². The Hall–Kier alpha value is -2.18. The highest BCUT2D eigenvalue weighted by atomic mass is 32.2. The van der Waals surface area contributed by atoms with E-state index in [2.05, 4.69) is 24.4 Å². The molecule has 2 aromatic carbocycles. The van der Waals surface area contributed by atoms with Crippen LogP contribution in [0, 0.1) is 5.92 Å². The average Bonchev–Trinajstić information content (AvgIpc) is 2.78. The van der Waals surface area contributed by atoms with Crippen LogP contribution in [0.15, 0.2) is 60.7 Å². The molecule has 162 valence electrons. The quantitative estimate of drug-likeness (QED) is 0.664. The van der Waals surface area contributed by atoms with Crippen molar-refractivity contribution in [1.29, 1.82) is 0 Å². The third kappa shape index (κ3) is 6.41. The number of benzene rings is 2. The van der Waals surface area contributed by atoms with Crippen molar-refractivity contribution in [2.75, 3.05) is 25.4 Å². The molecule has 0 aromatic heterocycles. The van der Waals surface area contributed by atoms with Gasteiger partial charge in [0.2, 0.25) is 15.9 Å². The van der Waals surface area contributed by atoms with E-state index in [1.165, 1.54) is 9.87 Å². The Morgan fingerprint density at radius 3 is 2.47 bits per heavy atom. The zero-order chi connectivity index (χ0) is 21.4. The summed E-state index contributed by atoms with van der Waals surface area (Å²) in [5.74, 6) is 0.0329. The first kappa shape index (κ1) is 22.5. The van der Waals surface area contributed by atoms with Gasteiger partial charge in [-0.25, -0.2) is 12.7 Å². The Kier molecular flexibility index (Phi) is 8.05. The van der Waals surface area contributed by atoms with E-state index in [1.807, 2.05) is 48.5 Å². The van der Waals surface area contributed by atoms with Gasteiger partial charge in [-0.2, -0.15) is 0 Å². The Bertz CT molecular complexity index is 901. The lowest BCUT2D eigenvalue weighted by molar-refractivity contribution is -0.126. The standard InChI is InChI=1S/C24H32N2O3S/c1-20(22-13-6-3-7-14-22)18-25-24(27)23-15-8-16-26(19-23)30(28,29)17-9-12-21-10-4-2-5-11-21/h2-7,10-11,13-14,20,23H,8-9,12,15-19H2,1H3,(H,25,27)/t20-,23-/m0/s1. The maximum atomic E-state index is 12.8. The summed E-state index contributed by atoms with van der Waals surface area (Å²) in [4.78, 5) is 12.7. The molecule has 1 N–H and O–H groups in total. The largest absolute Gasteiger partial charge is 0.355 e. The van der Waals surface area contributed by atoms with E-state index >= 15 is 0 Å². The molecule has 2 atom stereocenters. The number of sulfonamides is 1. The van der Waals surface area contributed by atoms with Gasteiger partial charge in [-0.15, -0.1) is 0 Å². The number of carbonyl (C=O) groups excluding carboxylic acids is 1. The highest BCUT2D eigenvalue weighted by Crippen LogP contribution is 2.21. The normalized spacial score (nSPS) is 18.6. The molecule has 1 saturated heterocycles. The van der Waals surface area contributed by atoms with E-state index < -0.39 is 10.0 Å². The van der Waals surface area contributed by atoms with Crippen molar-refractivity contribution >= 4 is 15.9 Å². The SMILES string of the molecule is C[C@@H](CNC(=O)[C@H]1CCCN(S(=O)(=O)CCCc2ccccc2)C1)c1ccccc1. The molecule has 0 radical (unpaired) electrons. The van der Waals surface area contributed by atoms with Crippen LogP contribution in [0.25, 0.3) is 0 Å². The Balaban J connectivity index is 1.48. The molecule has 0 spiro atoms. The van der Waals surface area contributed by atoms with Gasteiger partial charge in [0.05, 0.1) is 11.7 Å². The molecular weight excluding hydrogens is 396 g/mol. The van der Waals surface area contributed by atoms with Gasteiger partial charge in [0.15, 0.2) is 0 Å². The van der Waals surface area contributed by atoms with Gasteiger partial charge in [-0.1, -0.05) is 67.6 Å². The van der Waals surface area contributed by atoms with Gasteiger partial charge in [-0.3, -0.25) is 4.79 Å². The smallest absolute Gasteiger partial charge is 0.224 e. The third-order valence-corrected chi connectivity index (χ3v) is 7.73. The van der Waals surface area contributed by atoms with Crippen molar-refractivity contribution in [2.45, 2.75) is 38.5 Å². The van der Waals surface area contributed by atoms with Gasteiger partial charge in [0, 0.05) is 19.6 Å². The van der Waals surface area contributed by atoms with Crippen molar-refractivity contribution < 1.29 is 13.2 Å². The minimum Gasteiger partial charge on any atom is -0.355 e. The molecule has 1 amide bonds. The van der Waals surface area contributed by atoms with E-state index in [-0.39, 0.29) is 23.5 Å². The molecule has 1 heterocycles. The fraction of sp³-hybridized carbons (Fsp3) is 0.458. The number of nitrogens with one attached hydrogen (secondary N) is 1. The van der Waals surface area contributed by atoms with Crippen molar-refractivity contribution in [3.63, 3.8) is 0 Å². The number of piperidine rings is 1. The first-order valence-electron chi connectivity index (χ1n) is 10.8. The first-order chi connectivity index (χ1) is 14.5. The van der Waals surface area contributed by atoms with Crippen LogP contribution in [-0.2, 0) is 21.2 Å². The first-order valence-corrected chi connectivity index (χ1v) is 12.4. The van der Waals surface area contributed by atoms with E-state index in [9.17, 15) is 13.2 Å². The molecule has 0 unspecified atom stereocenters. The minimum absolute atomic E-state index is 0.0398. The van der Waals surface area contributed by atoms with Crippen molar-refractivity contribution in [3.8, 4) is 0 Å². The summed E-state index contributed by atoms with van der Waals surface area (Å²) in [7, 11) is -3.34. The topological polar surface area (TPSA) is 66.5 Å². The van der Waals surface area contributed by atoms with Crippen molar-refractivity contribution in [1.82, 2.24) is 9.62 Å². The van der Waals surface area contributed by atoms with Crippen LogP contribution in [0.5, 0.6) is 0 Å². The van der Waals surface area contributed by atoms with Crippen molar-refractivity contribution in [3.05, 3.63) is 71.8 Å². The molecule has 0 aliphatic carbocycles. The van der Waals surface area contributed by atoms with E-state index in [0.29, 0.717) is 26.1 Å². The molecular formula is C24H32N2O3S. The summed E-state index contributed by atoms with van der Waals surface area (Å²) in [5, 5.41) is 3.03. The fourth-order valence-corrected chi connectivity index (χ4v) is 5.52. The number of hydrogen-bond acceptors (Lipinski definition) is 3. The third-order valence-electron chi connectivity index (χ3n) is 5.81. The van der Waals surface area contributed by atoms with Gasteiger partial charge < -0.3 is 5.32 Å². The molecule has 6 heteroatoms. The van der Waals surface area contributed by atoms with Gasteiger partial charge >= 0.3 is 0 Å². The van der Waals surface area contributed by atoms with Crippen LogP contribution in [0.2, 0.25) is 0 Å². The number of rotatable bonds is 9. The fourth-order valence-electron chi connectivity index (χ4n) is 3.94. The zero-order valence-corrected chi connectivity index (χ0v) is 18.5. The predicted octanol–water partition coefficient (Wildman–Crippen LogP) is 3.58. The lowest BCUT2D eigenvalue weighted by Crippen LogP contribution is -2.46. The average molecular weight is 429 g/mol. The molecule has 1 aliphatic heterocycles. The summed E-state index contributed by atoms with van der Waals surface area (Å²) >= 11 is 0. The maximum absolute atomic E-state index is 12.8. The summed E-state index contributed by atoms with van der Waals surface area (Å²) < 4.78 is 27.1. The number of aryl methyl sites for hydroxylation is 1. The van der Waals surface area contributed by atoms with Crippen LogP contribution in [0.4, 0.5) is 0 Å². The Morgan fingerprint density at radius 1 is 1.10 bits per heavy atom. The van der Waals surface area contributed by atoms with E-state index in [1.54, 1.807) is 0 Å². The molecule has 1 aliphatic rings. The second-order valence-electron chi connectivity index (χ2n) is 8.16. The second kappa shape index (κ2) is 10.7. The molecule has 30 heavy (non-hydrogen) atoms. The predicted molar refractivity (Wildman–Crippen MR) is 121 cm³/mol. The summed E-state index contributed by atoms with van der Waals surface area (Å²) in [5.41, 5.74) is 2.33. The monoisotopic (exact) mass is 428 g/mol. The molecule has 5 nitrogen and oxygen atoms in total. The number of hydrogen-bond donors (Lipinski definition) is 1. The number of amides is 1. The van der Waals surface area contributed by atoms with Crippen LogP contribution < -0.4 is 5.32 Å². The van der Waals surface area contributed by atoms with E-state index in [4.69, 9.17) is 0 Å². The lowest BCUT2D eigenvalue weighted by atomic mass is 9.97. The lowest BCUT2D eigenvalue weighted by Gasteiger charge is -2.31. The van der Waals surface area contributed by atoms with E-state index in [0.717, 1.165) is 24.8 Å². The second-order valence-corrected chi connectivity index (χ2v) is 10.2. The highest BCUT2D eigenvalue weighted by molar-refractivity contribution is 7.89. The van der Waals surface area contributed by atoms with Crippen molar-refractivity contribution in [2.24, 2.45) is 5.92 Å². The summed E-state index contributed by atoms with van der Waals surface area (Å²) in [6, 6.07) is 20.0. The Morgan fingerprint density at radius 2 is 1.77 bits per heavy atom. The molecule has 1 fully saturated rings. The van der Waals surface area contributed by atoms with Gasteiger partial charge in [0.1, 0.15) is 0 Å². The minimum atomic E-state index is -3.34. The number of nitrogens with zero attached hydrogens (tertiary/aromatic N) is 1. The van der Waals surface area contributed by atoms with Gasteiger partial charge in [-0.05, 0) is 42.7 Å². The highest BCUT2D eigenvalue weighted by Gasteiger charge is 2.32. The van der Waals surface area contributed by atoms with Crippen LogP contribution in [0.1, 0.15) is 43.2 Å². The van der Waals surface area contributed by atoms with Crippen LogP contribution in [0.3, 0.4) is 0 Å². The maximum Gasteiger partial charge on any atom is 0.224 e. The molecule has 0 saturated carbocycles. The molecule has 0 bridgehead atoms. The number of carbonyl (C=O) groups is 1. The summed E-state index contributed by atoms with van der Waals surface area (Å²) in [6.45, 7) is 3.44. The van der Waals surface area contributed by atoms with Crippen LogP contribution >= 0.6 is 0 Å². The van der Waals surface area contributed by atoms with Crippen LogP contribution in [-0.4, -0.2) is 44.0 Å². The molecule has 3 rings (SSSR count). The summed E-state index contributed by atoms with van der Waals surface area (Å²) in [6.07, 6.45) is 2.80. The zero-order valence-electron chi connectivity index (χ0n) is 17.7. The van der Waals surface area contributed by atoms with Gasteiger partial charge in [0.25, 0.3) is 0 Å². The molecule has 2 aromatic rings.